The van der Waals surface area contributed by atoms with E-state index in [1.807, 2.05) is 13.8 Å². The zero-order chi connectivity index (χ0) is 20.9. The maximum atomic E-state index is 11.7. The van der Waals surface area contributed by atoms with E-state index in [2.05, 4.69) is 6.92 Å². The fourth-order valence-electron chi connectivity index (χ4n) is 3.43. The van der Waals surface area contributed by atoms with Crippen molar-refractivity contribution >= 4 is 10.4 Å². The van der Waals surface area contributed by atoms with E-state index in [9.17, 15) is 8.42 Å². The molecule has 0 aliphatic heterocycles. The van der Waals surface area contributed by atoms with Crippen LogP contribution in [0.3, 0.4) is 0 Å². The molecular weight excluding hydrogens is 386 g/mol. The SMILES string of the molecule is CCCCCCCCCCCCCCCCCCOS(=O)(=O)OC(CC)CC.N. The molecule has 0 unspecified atom stereocenters. The van der Waals surface area contributed by atoms with Crippen molar-refractivity contribution in [2.75, 3.05) is 6.61 Å². The Labute approximate surface area is 182 Å². The molecule has 178 valence electrons. The van der Waals surface area contributed by atoms with Gasteiger partial charge in [-0.15, -0.1) is 0 Å². The van der Waals surface area contributed by atoms with Gasteiger partial charge in [0.15, 0.2) is 0 Å². The molecule has 0 aliphatic carbocycles. The molecule has 0 aromatic heterocycles. The molecule has 5 nitrogen and oxygen atoms in total. The van der Waals surface area contributed by atoms with E-state index in [1.165, 1.54) is 83.5 Å². The minimum absolute atomic E-state index is 0. The molecule has 0 saturated heterocycles. The Morgan fingerprint density at radius 3 is 1.28 bits per heavy atom. The molecule has 6 heteroatoms. The van der Waals surface area contributed by atoms with Crippen LogP contribution in [0.15, 0.2) is 0 Å². The van der Waals surface area contributed by atoms with Crippen LogP contribution in [-0.4, -0.2) is 21.1 Å². The minimum atomic E-state index is -3.83. The van der Waals surface area contributed by atoms with E-state index in [1.54, 1.807) is 0 Å². The monoisotopic (exact) mass is 437 g/mol. The van der Waals surface area contributed by atoms with Crippen molar-refractivity contribution in [3.8, 4) is 0 Å². The molecule has 0 aromatic rings. The zero-order valence-electron chi connectivity index (χ0n) is 19.8. The average Bonchev–Trinajstić information content (AvgIpc) is 2.68. The lowest BCUT2D eigenvalue weighted by Gasteiger charge is -2.13. The van der Waals surface area contributed by atoms with Crippen LogP contribution in [0.5, 0.6) is 0 Å². The number of rotatable bonds is 22. The maximum absolute atomic E-state index is 11.7. The Balaban J connectivity index is 0. The van der Waals surface area contributed by atoms with Crippen LogP contribution < -0.4 is 6.15 Å². The minimum Gasteiger partial charge on any atom is -0.344 e. The zero-order valence-corrected chi connectivity index (χ0v) is 20.6. The first-order chi connectivity index (χ1) is 13.6. The molecule has 0 heterocycles. The van der Waals surface area contributed by atoms with Crippen molar-refractivity contribution in [1.29, 1.82) is 0 Å². The standard InChI is InChI=1S/C23H48O4S.H3N/c1-4-7-8-9-10-11-12-13-14-15-16-17-18-19-20-21-22-26-28(24,25)27-23(5-2)6-3;/h23H,4-22H2,1-3H3;1H3. The van der Waals surface area contributed by atoms with Gasteiger partial charge in [-0.3, -0.25) is 0 Å². The predicted molar refractivity (Wildman–Crippen MR) is 125 cm³/mol. The van der Waals surface area contributed by atoms with E-state index in [-0.39, 0.29) is 18.9 Å². The van der Waals surface area contributed by atoms with E-state index >= 15 is 0 Å². The predicted octanol–water partition coefficient (Wildman–Crippen LogP) is 7.88. The third-order valence-electron chi connectivity index (χ3n) is 5.39. The molecule has 0 bridgehead atoms. The van der Waals surface area contributed by atoms with Gasteiger partial charge >= 0.3 is 10.4 Å². The van der Waals surface area contributed by atoms with Crippen molar-refractivity contribution in [3.63, 3.8) is 0 Å². The van der Waals surface area contributed by atoms with Crippen molar-refractivity contribution in [2.24, 2.45) is 0 Å². The molecular formula is C23H51NO4S. The fourth-order valence-corrected chi connectivity index (χ4v) is 4.41. The lowest BCUT2D eigenvalue weighted by atomic mass is 10.0. The second-order valence-electron chi connectivity index (χ2n) is 8.07. The van der Waals surface area contributed by atoms with Crippen LogP contribution in [0, 0.1) is 0 Å². The van der Waals surface area contributed by atoms with Gasteiger partial charge in [-0.25, -0.2) is 8.37 Å². The summed E-state index contributed by atoms with van der Waals surface area (Å²) >= 11 is 0. The van der Waals surface area contributed by atoms with Crippen LogP contribution in [0.25, 0.3) is 0 Å². The highest BCUT2D eigenvalue weighted by atomic mass is 32.3. The van der Waals surface area contributed by atoms with Crippen LogP contribution in [0.4, 0.5) is 0 Å². The average molecular weight is 438 g/mol. The summed E-state index contributed by atoms with van der Waals surface area (Å²) in [5, 5.41) is 0. The first kappa shape index (κ1) is 31.0. The summed E-state index contributed by atoms with van der Waals surface area (Å²) in [5.41, 5.74) is 0. The van der Waals surface area contributed by atoms with Gasteiger partial charge in [0.2, 0.25) is 0 Å². The number of hydrogen-bond donors (Lipinski definition) is 1. The maximum Gasteiger partial charge on any atom is 0.400 e. The fraction of sp³-hybridized carbons (Fsp3) is 1.00. The summed E-state index contributed by atoms with van der Waals surface area (Å²) in [6.45, 7) is 6.34. The van der Waals surface area contributed by atoms with Crippen molar-refractivity contribution in [3.05, 3.63) is 0 Å². The Morgan fingerprint density at radius 2 is 0.931 bits per heavy atom. The highest BCUT2D eigenvalue weighted by molar-refractivity contribution is 7.81. The lowest BCUT2D eigenvalue weighted by Crippen LogP contribution is -2.19. The Kier molecular flexibility index (Phi) is 24.1. The van der Waals surface area contributed by atoms with Crippen LogP contribution in [-0.2, 0) is 18.8 Å². The largest absolute Gasteiger partial charge is 0.400 e. The lowest BCUT2D eigenvalue weighted by molar-refractivity contribution is 0.148. The Morgan fingerprint density at radius 1 is 0.586 bits per heavy atom. The van der Waals surface area contributed by atoms with Crippen molar-refractivity contribution in [2.45, 2.75) is 142 Å². The van der Waals surface area contributed by atoms with Crippen molar-refractivity contribution < 1.29 is 16.8 Å². The normalized spacial score (nSPS) is 11.7. The highest BCUT2D eigenvalue weighted by Crippen LogP contribution is 2.14. The van der Waals surface area contributed by atoms with Gasteiger partial charge in [-0.2, -0.15) is 8.42 Å². The summed E-state index contributed by atoms with van der Waals surface area (Å²) in [6, 6.07) is 0. The first-order valence-corrected chi connectivity index (χ1v) is 13.5. The molecule has 0 saturated carbocycles. The van der Waals surface area contributed by atoms with Crippen LogP contribution >= 0.6 is 0 Å². The van der Waals surface area contributed by atoms with E-state index in [0.717, 1.165) is 19.3 Å². The third kappa shape index (κ3) is 22.3. The molecule has 0 fully saturated rings. The molecule has 0 aromatic carbocycles. The second kappa shape index (κ2) is 22.5. The Hall–Kier alpha value is -0.170. The summed E-state index contributed by atoms with van der Waals surface area (Å²) in [4.78, 5) is 0. The molecule has 0 amide bonds. The molecule has 0 spiro atoms. The van der Waals surface area contributed by atoms with Gasteiger partial charge in [0.25, 0.3) is 0 Å². The third-order valence-corrected chi connectivity index (χ3v) is 6.35. The van der Waals surface area contributed by atoms with Crippen LogP contribution in [0.1, 0.15) is 136 Å². The summed E-state index contributed by atoms with van der Waals surface area (Å²) in [5.74, 6) is 0. The van der Waals surface area contributed by atoms with Gasteiger partial charge in [0.1, 0.15) is 0 Å². The molecule has 0 radical (unpaired) electrons. The number of unbranched alkanes of at least 4 members (excludes halogenated alkanes) is 15. The highest BCUT2D eigenvalue weighted by Gasteiger charge is 2.17. The van der Waals surface area contributed by atoms with Gasteiger partial charge < -0.3 is 6.15 Å². The summed E-state index contributed by atoms with van der Waals surface area (Å²) in [6.07, 6.45) is 21.9. The number of hydrogen-bond acceptors (Lipinski definition) is 5. The van der Waals surface area contributed by atoms with Crippen LogP contribution in [0.2, 0.25) is 0 Å². The van der Waals surface area contributed by atoms with Crippen molar-refractivity contribution in [1.82, 2.24) is 6.15 Å². The Bertz CT molecular complexity index is 411. The van der Waals surface area contributed by atoms with Gasteiger partial charge in [0, 0.05) is 0 Å². The topological polar surface area (TPSA) is 87.6 Å². The molecule has 3 N–H and O–H groups in total. The molecule has 0 atom stereocenters. The second-order valence-corrected chi connectivity index (χ2v) is 9.31. The van der Waals surface area contributed by atoms with E-state index < -0.39 is 10.4 Å². The molecule has 29 heavy (non-hydrogen) atoms. The van der Waals surface area contributed by atoms with Gasteiger partial charge in [-0.1, -0.05) is 117 Å². The smallest absolute Gasteiger partial charge is 0.344 e. The molecule has 0 aliphatic rings. The molecule has 0 rings (SSSR count). The quantitative estimate of drug-likeness (QED) is 0.174. The van der Waals surface area contributed by atoms with Gasteiger partial charge in [-0.05, 0) is 19.3 Å². The first-order valence-electron chi connectivity index (χ1n) is 12.1. The summed E-state index contributed by atoms with van der Waals surface area (Å²) < 4.78 is 33.3. The van der Waals surface area contributed by atoms with E-state index in [0.29, 0.717) is 12.8 Å². The van der Waals surface area contributed by atoms with E-state index in [4.69, 9.17) is 8.37 Å². The summed E-state index contributed by atoms with van der Waals surface area (Å²) in [7, 11) is -3.83. The van der Waals surface area contributed by atoms with Gasteiger partial charge in [0.05, 0.1) is 12.7 Å².